The van der Waals surface area contributed by atoms with Crippen molar-refractivity contribution < 1.29 is 4.79 Å². The Morgan fingerprint density at radius 1 is 1.32 bits per heavy atom. The molecule has 22 heavy (non-hydrogen) atoms. The van der Waals surface area contributed by atoms with E-state index in [2.05, 4.69) is 33.8 Å². The first kappa shape index (κ1) is 14.2. The van der Waals surface area contributed by atoms with Gasteiger partial charge in [-0.1, -0.05) is 12.1 Å². The summed E-state index contributed by atoms with van der Waals surface area (Å²) in [6, 6.07) is 6.50. The molecule has 2 heterocycles. The lowest BCUT2D eigenvalue weighted by Gasteiger charge is -2.07. The quantitative estimate of drug-likeness (QED) is 0.908. The zero-order valence-electron chi connectivity index (χ0n) is 12.1. The van der Waals surface area contributed by atoms with Gasteiger partial charge in [-0.3, -0.25) is 10.1 Å². The van der Waals surface area contributed by atoms with Gasteiger partial charge < -0.3 is 5.32 Å². The van der Waals surface area contributed by atoms with Crippen LogP contribution in [-0.4, -0.2) is 28.6 Å². The number of aryl methyl sites for hydroxylation is 2. The summed E-state index contributed by atoms with van der Waals surface area (Å²) in [5.41, 5.74) is 5.01. The Balaban J connectivity index is 1.50. The third-order valence-corrected chi connectivity index (χ3v) is 5.86. The molecule has 0 radical (unpaired) electrons. The molecule has 1 fully saturated rings. The lowest BCUT2D eigenvalue weighted by atomic mass is 10.1. The number of nitrogens with zero attached hydrogens (tertiary/aromatic N) is 1. The van der Waals surface area contributed by atoms with Crippen LogP contribution in [0.4, 0.5) is 5.13 Å². The summed E-state index contributed by atoms with van der Waals surface area (Å²) < 4.78 is 0. The van der Waals surface area contributed by atoms with Crippen LogP contribution in [0.25, 0.3) is 11.3 Å². The summed E-state index contributed by atoms with van der Waals surface area (Å²) in [5, 5.41) is 8.79. The molecule has 1 atom stereocenters. The van der Waals surface area contributed by atoms with Gasteiger partial charge in [0.05, 0.1) is 11.7 Å². The van der Waals surface area contributed by atoms with Crippen LogP contribution in [0, 0.1) is 0 Å². The molecule has 114 valence electrons. The third kappa shape index (κ3) is 2.78. The third-order valence-electron chi connectivity index (χ3n) is 4.16. The van der Waals surface area contributed by atoms with Crippen LogP contribution in [0.5, 0.6) is 0 Å². The number of fused-ring (bicyclic) bond motifs is 1. The summed E-state index contributed by atoms with van der Waals surface area (Å²) in [4.78, 5) is 16.7. The minimum absolute atomic E-state index is 0.0138. The average molecular weight is 331 g/mol. The molecule has 6 heteroatoms. The van der Waals surface area contributed by atoms with Gasteiger partial charge in [0.1, 0.15) is 0 Å². The largest absolute Gasteiger partial charge is 0.301 e. The van der Waals surface area contributed by atoms with Gasteiger partial charge >= 0.3 is 0 Å². The fourth-order valence-electron chi connectivity index (χ4n) is 2.95. The maximum Gasteiger partial charge on any atom is 0.244 e. The van der Waals surface area contributed by atoms with Gasteiger partial charge in [0.15, 0.2) is 5.13 Å². The molecule has 0 bridgehead atoms. The lowest BCUT2D eigenvalue weighted by Crippen LogP contribution is -2.37. The lowest BCUT2D eigenvalue weighted by molar-refractivity contribution is -0.117. The summed E-state index contributed by atoms with van der Waals surface area (Å²) >= 11 is 3.23. The van der Waals surface area contributed by atoms with E-state index in [-0.39, 0.29) is 11.9 Å². The number of carbonyl (C=O) groups excluding carboxylic acids is 1. The highest BCUT2D eigenvalue weighted by Crippen LogP contribution is 2.30. The SMILES string of the molecule is O=C(Nc1nc(-c2ccc3c(c2)CCC3)cs1)C1CSCN1. The van der Waals surface area contributed by atoms with Gasteiger partial charge in [-0.2, -0.15) is 0 Å². The van der Waals surface area contributed by atoms with Crippen LogP contribution in [0.3, 0.4) is 0 Å². The van der Waals surface area contributed by atoms with Crippen molar-refractivity contribution in [1.29, 1.82) is 0 Å². The highest BCUT2D eigenvalue weighted by molar-refractivity contribution is 7.99. The minimum Gasteiger partial charge on any atom is -0.301 e. The second-order valence-electron chi connectivity index (χ2n) is 5.64. The van der Waals surface area contributed by atoms with Gasteiger partial charge in [-0.25, -0.2) is 4.98 Å². The maximum atomic E-state index is 12.1. The van der Waals surface area contributed by atoms with E-state index in [1.807, 2.05) is 5.38 Å². The van der Waals surface area contributed by atoms with Crippen molar-refractivity contribution in [2.24, 2.45) is 0 Å². The summed E-state index contributed by atoms with van der Waals surface area (Å²) in [6.45, 7) is 0. The Hall–Kier alpha value is -1.37. The molecule has 0 saturated carbocycles. The van der Waals surface area contributed by atoms with E-state index in [1.165, 1.54) is 41.7 Å². The van der Waals surface area contributed by atoms with E-state index in [0.29, 0.717) is 5.13 Å². The minimum atomic E-state index is -0.0997. The molecule has 1 aliphatic heterocycles. The summed E-state index contributed by atoms with van der Waals surface area (Å²) in [6.07, 6.45) is 3.62. The molecular weight excluding hydrogens is 314 g/mol. The van der Waals surface area contributed by atoms with Gasteiger partial charge in [-0.05, 0) is 36.5 Å². The highest BCUT2D eigenvalue weighted by atomic mass is 32.2. The van der Waals surface area contributed by atoms with E-state index in [9.17, 15) is 4.79 Å². The zero-order valence-corrected chi connectivity index (χ0v) is 13.7. The monoisotopic (exact) mass is 331 g/mol. The van der Waals surface area contributed by atoms with E-state index in [0.717, 1.165) is 22.9 Å². The van der Waals surface area contributed by atoms with Gasteiger partial charge in [-0.15, -0.1) is 23.1 Å². The molecule has 1 aromatic heterocycles. The molecule has 1 aliphatic carbocycles. The van der Waals surface area contributed by atoms with Gasteiger partial charge in [0, 0.05) is 22.6 Å². The van der Waals surface area contributed by atoms with Crippen LogP contribution in [0.15, 0.2) is 23.6 Å². The molecule has 1 aromatic carbocycles. The highest BCUT2D eigenvalue weighted by Gasteiger charge is 2.23. The molecule has 4 nitrogen and oxygen atoms in total. The smallest absolute Gasteiger partial charge is 0.244 e. The number of thiazole rings is 1. The first-order chi connectivity index (χ1) is 10.8. The number of hydrogen-bond acceptors (Lipinski definition) is 5. The second kappa shape index (κ2) is 6.02. The van der Waals surface area contributed by atoms with Crippen LogP contribution in [-0.2, 0) is 17.6 Å². The van der Waals surface area contributed by atoms with Crippen molar-refractivity contribution in [1.82, 2.24) is 10.3 Å². The number of aromatic nitrogens is 1. The molecule has 2 N–H and O–H groups in total. The fraction of sp³-hybridized carbons (Fsp3) is 0.375. The number of thioether (sulfide) groups is 1. The van der Waals surface area contributed by atoms with Crippen molar-refractivity contribution >= 4 is 34.1 Å². The molecule has 1 amide bonds. The second-order valence-corrected chi connectivity index (χ2v) is 7.52. The molecule has 1 saturated heterocycles. The number of hydrogen-bond donors (Lipinski definition) is 2. The standard InChI is InChI=1S/C16H17N3OS2/c20-15(14-7-21-9-17-14)19-16-18-13(8-22-16)12-5-4-10-2-1-3-11(10)6-12/h4-6,8,14,17H,1-3,7,9H2,(H,18,19,20). The Bertz CT molecular complexity index is 707. The van der Waals surface area contributed by atoms with Crippen molar-refractivity contribution in [3.05, 3.63) is 34.7 Å². The van der Waals surface area contributed by atoms with Crippen LogP contribution >= 0.6 is 23.1 Å². The Kier molecular flexibility index (Phi) is 3.90. The number of carbonyl (C=O) groups is 1. The van der Waals surface area contributed by atoms with Crippen LogP contribution in [0.1, 0.15) is 17.5 Å². The zero-order chi connectivity index (χ0) is 14.9. The summed E-state index contributed by atoms with van der Waals surface area (Å²) in [5.74, 6) is 1.69. The predicted octanol–water partition coefficient (Wildman–Crippen LogP) is 2.90. The van der Waals surface area contributed by atoms with E-state index >= 15 is 0 Å². The Morgan fingerprint density at radius 3 is 3.09 bits per heavy atom. The first-order valence-electron chi connectivity index (χ1n) is 7.49. The fourth-order valence-corrected chi connectivity index (χ4v) is 4.62. The van der Waals surface area contributed by atoms with Crippen LogP contribution < -0.4 is 10.6 Å². The van der Waals surface area contributed by atoms with E-state index in [1.54, 1.807) is 11.8 Å². The van der Waals surface area contributed by atoms with E-state index in [4.69, 9.17) is 0 Å². The van der Waals surface area contributed by atoms with Gasteiger partial charge in [0.25, 0.3) is 0 Å². The number of rotatable bonds is 3. The molecule has 0 spiro atoms. The topological polar surface area (TPSA) is 54.0 Å². The normalized spacial score (nSPS) is 20.1. The summed E-state index contributed by atoms with van der Waals surface area (Å²) in [7, 11) is 0. The number of benzene rings is 1. The number of anilines is 1. The molecule has 2 aliphatic rings. The number of nitrogens with one attached hydrogen (secondary N) is 2. The average Bonchev–Trinajstić information content (AvgIpc) is 3.27. The van der Waals surface area contributed by atoms with Crippen molar-refractivity contribution in [3.8, 4) is 11.3 Å². The first-order valence-corrected chi connectivity index (χ1v) is 9.53. The van der Waals surface area contributed by atoms with Gasteiger partial charge in [0.2, 0.25) is 5.91 Å². The molecule has 1 unspecified atom stereocenters. The number of amides is 1. The van der Waals surface area contributed by atoms with Crippen molar-refractivity contribution in [3.63, 3.8) is 0 Å². The molecule has 2 aromatic rings. The predicted molar refractivity (Wildman–Crippen MR) is 92.5 cm³/mol. The van der Waals surface area contributed by atoms with Crippen molar-refractivity contribution in [2.45, 2.75) is 25.3 Å². The Labute approximate surface area is 137 Å². The molecular formula is C16H17N3OS2. The Morgan fingerprint density at radius 2 is 2.23 bits per heavy atom. The van der Waals surface area contributed by atoms with Crippen molar-refractivity contribution in [2.75, 3.05) is 16.9 Å². The molecule has 4 rings (SSSR count). The van der Waals surface area contributed by atoms with E-state index < -0.39 is 0 Å². The maximum absolute atomic E-state index is 12.1. The van der Waals surface area contributed by atoms with Crippen LogP contribution in [0.2, 0.25) is 0 Å².